The van der Waals surface area contributed by atoms with E-state index in [4.69, 9.17) is 18.5 Å². The fraction of sp³-hybridized carbons (Fsp3) is 0.750. The number of nitrogens with two attached hydrogens (primary N) is 1. The van der Waals surface area contributed by atoms with Crippen molar-refractivity contribution >= 4 is 14.7 Å². The van der Waals surface area contributed by atoms with Gasteiger partial charge < -0.3 is 30.5 Å². The van der Waals surface area contributed by atoms with Crippen molar-refractivity contribution in [3.05, 3.63) is 11.9 Å². The lowest BCUT2D eigenvalue weighted by Gasteiger charge is -2.40. The molecule has 1 aliphatic heterocycles. The quantitative estimate of drug-likeness (QED) is 0.327. The van der Waals surface area contributed by atoms with Gasteiger partial charge in [0.25, 0.3) is 7.98 Å². The summed E-state index contributed by atoms with van der Waals surface area (Å²) in [7, 11) is 7.30. The summed E-state index contributed by atoms with van der Waals surface area (Å²) in [5.74, 6) is 0. The first kappa shape index (κ1) is 17.0. The molecule has 1 aliphatic rings. The molecule has 0 spiro atoms. The molecule has 2 radical (unpaired) electrons. The lowest BCUT2D eigenvalue weighted by Crippen LogP contribution is -2.54. The van der Waals surface area contributed by atoms with Crippen molar-refractivity contribution in [3.8, 4) is 0 Å². The number of aliphatic hydroxyl groups excluding tert-OH is 2. The Hall–Kier alpha value is -1.09. The van der Waals surface area contributed by atoms with Gasteiger partial charge in [-0.05, 0) is 20.4 Å². The summed E-state index contributed by atoms with van der Waals surface area (Å²) in [6, 6.07) is -0.173. The molecule has 0 saturated carbocycles. The lowest BCUT2D eigenvalue weighted by molar-refractivity contribution is -0.231. The van der Waals surface area contributed by atoms with Crippen molar-refractivity contribution in [2.75, 3.05) is 13.6 Å². The Morgan fingerprint density at radius 2 is 2.25 bits per heavy atom. The first-order valence-corrected chi connectivity index (χ1v) is 6.53. The highest BCUT2D eigenvalue weighted by Crippen LogP contribution is 2.22. The van der Waals surface area contributed by atoms with E-state index in [1.807, 2.05) is 18.9 Å². The highest BCUT2D eigenvalue weighted by atomic mass is 16.6. The molecule has 1 heterocycles. The Labute approximate surface area is 121 Å². The Morgan fingerprint density at radius 3 is 2.85 bits per heavy atom. The van der Waals surface area contributed by atoms with E-state index in [9.17, 15) is 10.2 Å². The van der Waals surface area contributed by atoms with Gasteiger partial charge in [-0.15, -0.1) is 0 Å². The van der Waals surface area contributed by atoms with E-state index >= 15 is 0 Å². The van der Waals surface area contributed by atoms with Crippen molar-refractivity contribution in [1.82, 2.24) is 9.82 Å². The molecule has 0 aromatic carbocycles. The predicted molar refractivity (Wildman–Crippen MR) is 77.6 cm³/mol. The largest absolute Gasteiger partial charge is 0.401 e. The summed E-state index contributed by atoms with van der Waals surface area (Å²) >= 11 is 0. The van der Waals surface area contributed by atoms with E-state index < -0.39 is 12.4 Å². The molecule has 112 valence electrons. The summed E-state index contributed by atoms with van der Waals surface area (Å²) in [5, 5.41) is 23.1. The van der Waals surface area contributed by atoms with Crippen LogP contribution < -0.4 is 5.73 Å². The van der Waals surface area contributed by atoms with Crippen LogP contribution in [0, 0.1) is 0 Å². The van der Waals surface area contributed by atoms with Crippen LogP contribution in [0.2, 0.25) is 0 Å². The maximum atomic E-state index is 9.96. The third kappa shape index (κ3) is 4.79. The van der Waals surface area contributed by atoms with E-state index in [-0.39, 0.29) is 12.1 Å². The van der Waals surface area contributed by atoms with E-state index in [2.05, 4.69) is 11.8 Å². The average molecular weight is 282 g/mol. The van der Waals surface area contributed by atoms with Crippen molar-refractivity contribution in [2.24, 2.45) is 10.8 Å². The topological polar surface area (TPSA) is 94.6 Å². The van der Waals surface area contributed by atoms with Gasteiger partial charge in [0.15, 0.2) is 6.29 Å². The highest BCUT2D eigenvalue weighted by Gasteiger charge is 2.36. The first-order valence-electron chi connectivity index (χ1n) is 6.53. The Kier molecular flexibility index (Phi) is 6.48. The smallest absolute Gasteiger partial charge is 0.264 e. The molecule has 1 rings (SSSR count). The van der Waals surface area contributed by atoms with Gasteiger partial charge >= 0.3 is 0 Å². The fourth-order valence-corrected chi connectivity index (χ4v) is 2.23. The zero-order chi connectivity index (χ0) is 15.3. The Bertz CT molecular complexity index is 356. The van der Waals surface area contributed by atoms with Crippen LogP contribution in [-0.2, 0) is 4.74 Å². The van der Waals surface area contributed by atoms with Crippen molar-refractivity contribution in [3.63, 3.8) is 0 Å². The number of aliphatic hydroxyl groups is 2. The summed E-state index contributed by atoms with van der Waals surface area (Å²) in [6.07, 6.45) is 0.520. The SMILES string of the molecule is [B]N(/C=C(\N)CCN(C)[C@H]1C[C@@H](C)O[C@@H](O)[C@@H]1O)N=C. The van der Waals surface area contributed by atoms with Gasteiger partial charge in [0.1, 0.15) is 6.10 Å². The number of nitrogens with zero attached hydrogens (tertiary/aromatic N) is 3. The van der Waals surface area contributed by atoms with Gasteiger partial charge in [-0.3, -0.25) is 0 Å². The summed E-state index contributed by atoms with van der Waals surface area (Å²) < 4.78 is 5.17. The maximum absolute atomic E-state index is 9.96. The van der Waals surface area contributed by atoms with Crippen LogP contribution in [0.15, 0.2) is 17.0 Å². The van der Waals surface area contributed by atoms with E-state index in [1.54, 1.807) is 0 Å². The molecule has 0 aromatic rings. The van der Waals surface area contributed by atoms with Gasteiger partial charge in [-0.1, -0.05) is 0 Å². The number of hydrogen-bond acceptors (Lipinski definition) is 7. The molecule has 7 nitrogen and oxygen atoms in total. The van der Waals surface area contributed by atoms with Crippen LogP contribution in [0.3, 0.4) is 0 Å². The van der Waals surface area contributed by atoms with Crippen LogP contribution >= 0.6 is 0 Å². The second-order valence-corrected chi connectivity index (χ2v) is 5.09. The number of hydrazone groups is 1. The minimum atomic E-state index is -1.15. The van der Waals surface area contributed by atoms with E-state index in [0.29, 0.717) is 25.1 Å². The van der Waals surface area contributed by atoms with Crippen LogP contribution in [0.4, 0.5) is 0 Å². The minimum absolute atomic E-state index is 0.0989. The lowest BCUT2D eigenvalue weighted by atomic mass is 9.99. The van der Waals surface area contributed by atoms with Gasteiger partial charge in [0, 0.05) is 37.6 Å². The number of ether oxygens (including phenoxy) is 1. The summed E-state index contributed by atoms with van der Waals surface area (Å²) in [5.41, 5.74) is 6.36. The van der Waals surface area contributed by atoms with Crippen LogP contribution in [-0.4, -0.2) is 72.9 Å². The first-order chi connectivity index (χ1) is 9.35. The van der Waals surface area contributed by atoms with Crippen molar-refractivity contribution in [2.45, 2.75) is 44.3 Å². The zero-order valence-electron chi connectivity index (χ0n) is 12.0. The Balaban J connectivity index is 2.51. The molecule has 0 unspecified atom stereocenters. The Morgan fingerprint density at radius 1 is 1.60 bits per heavy atom. The summed E-state index contributed by atoms with van der Waals surface area (Å²) in [4.78, 5) is 3.00. The molecule has 4 atom stereocenters. The number of rotatable bonds is 6. The molecule has 8 heteroatoms. The second kappa shape index (κ2) is 7.63. The van der Waals surface area contributed by atoms with Crippen LogP contribution in [0.25, 0.3) is 0 Å². The number of hydrogen-bond donors (Lipinski definition) is 3. The third-order valence-electron chi connectivity index (χ3n) is 3.41. The van der Waals surface area contributed by atoms with Gasteiger partial charge in [-0.25, -0.2) is 5.10 Å². The van der Waals surface area contributed by atoms with E-state index in [1.165, 1.54) is 6.20 Å². The molecule has 20 heavy (non-hydrogen) atoms. The molecule has 1 saturated heterocycles. The number of likely N-dealkylation sites (N-methyl/N-ethyl adjacent to an activating group) is 1. The van der Waals surface area contributed by atoms with Gasteiger partial charge in [0.2, 0.25) is 0 Å². The highest BCUT2D eigenvalue weighted by molar-refractivity contribution is 6.04. The molecular weight excluding hydrogens is 259 g/mol. The second-order valence-electron chi connectivity index (χ2n) is 5.09. The molecule has 4 N–H and O–H groups in total. The van der Waals surface area contributed by atoms with Gasteiger partial charge in [-0.2, -0.15) is 0 Å². The normalized spacial score (nSPS) is 31.4. The zero-order valence-corrected chi connectivity index (χ0v) is 12.0. The maximum Gasteiger partial charge on any atom is 0.264 e. The molecule has 0 aromatic heterocycles. The van der Waals surface area contributed by atoms with Crippen LogP contribution in [0.5, 0.6) is 0 Å². The molecule has 1 fully saturated rings. The average Bonchev–Trinajstić information content (AvgIpc) is 2.39. The van der Waals surface area contributed by atoms with Gasteiger partial charge in [0.05, 0.1) is 6.10 Å². The molecular formula is C12H23BN4O3. The fourth-order valence-electron chi connectivity index (χ4n) is 2.23. The summed E-state index contributed by atoms with van der Waals surface area (Å²) in [6.45, 7) is 5.76. The van der Waals surface area contributed by atoms with Crippen LogP contribution in [0.1, 0.15) is 19.8 Å². The van der Waals surface area contributed by atoms with E-state index in [0.717, 1.165) is 4.92 Å². The monoisotopic (exact) mass is 282 g/mol. The molecule has 0 aliphatic carbocycles. The van der Waals surface area contributed by atoms with Crippen molar-refractivity contribution < 1.29 is 14.9 Å². The van der Waals surface area contributed by atoms with Crippen molar-refractivity contribution in [1.29, 1.82) is 0 Å². The molecule has 0 bridgehead atoms. The molecule has 0 amide bonds. The predicted octanol–water partition coefficient (Wildman–Crippen LogP) is -1.03. The third-order valence-corrected chi connectivity index (χ3v) is 3.41. The minimum Gasteiger partial charge on any atom is -0.401 e. The standard InChI is InChI=1S/C12H23BN4O3/c1-8-6-10(11(18)12(19)20-8)16(3)5-4-9(14)7-17(13)15-2/h7-8,10-12,18-19H,2,4-6,14H2,1,3H3/b9-7-/t8-,10+,11-,12-/m1/s1.